The third-order valence-corrected chi connectivity index (χ3v) is 18.4. The largest absolute Gasteiger partial charge is 0.261 e. The average Bonchev–Trinajstić information content (AvgIpc) is 0.820. The fourth-order valence-electron chi connectivity index (χ4n) is 11.5. The van der Waals surface area contributed by atoms with Gasteiger partial charge in [-0.2, -0.15) is 0 Å². The van der Waals surface area contributed by atoms with Crippen LogP contribution in [-0.2, 0) is 0 Å². The summed E-state index contributed by atoms with van der Waals surface area (Å²) in [5, 5.41) is 8.57. The van der Waals surface area contributed by atoms with E-state index >= 15 is 0 Å². The van der Waals surface area contributed by atoms with Crippen molar-refractivity contribution >= 4 is 65.3 Å². The van der Waals surface area contributed by atoms with E-state index in [1.807, 2.05) is 241 Å². The average molecular weight is 1700 g/mol. The van der Waals surface area contributed by atoms with E-state index < -0.39 is 0 Å². The van der Waals surface area contributed by atoms with E-state index in [-0.39, 0.29) is 0 Å². The van der Waals surface area contributed by atoms with Gasteiger partial charge in [0.15, 0.2) is 0 Å². The lowest BCUT2D eigenvalue weighted by Crippen LogP contribution is -1.84. The zero-order valence-corrected chi connectivity index (χ0v) is 77.0. The third kappa shape index (κ3) is 43.0. The van der Waals surface area contributed by atoms with Crippen LogP contribution in [0.1, 0.15) is 84.0 Å². The number of aryl methyl sites for hydroxylation is 15. The number of rotatable bonds is 0. The molecule has 0 aliphatic rings. The van der Waals surface area contributed by atoms with Gasteiger partial charge in [0.1, 0.15) is 31.1 Å². The molecule has 129 heavy (non-hydrogen) atoms. The minimum absolute atomic E-state index is 0.759. The molecule has 13 nitrogen and oxygen atoms in total. The van der Waals surface area contributed by atoms with Crippen LogP contribution in [0.4, 0.5) is 0 Å². The van der Waals surface area contributed by atoms with Gasteiger partial charge in [0.25, 0.3) is 0 Å². The van der Waals surface area contributed by atoms with Crippen molar-refractivity contribution in [2.45, 2.75) is 104 Å². The highest BCUT2D eigenvalue weighted by Crippen LogP contribution is 2.18. The van der Waals surface area contributed by atoms with Crippen LogP contribution >= 0.6 is 0 Å². The van der Waals surface area contributed by atoms with Gasteiger partial charge in [-0.15, -0.1) is 0 Å². The van der Waals surface area contributed by atoms with E-state index in [9.17, 15) is 0 Å². The van der Waals surface area contributed by atoms with Crippen LogP contribution < -0.4 is 0 Å². The van der Waals surface area contributed by atoms with Gasteiger partial charge in [-0.1, -0.05) is 336 Å². The fourth-order valence-corrected chi connectivity index (χ4v) is 11.5. The summed E-state index contributed by atoms with van der Waals surface area (Å²) < 4.78 is 0. The minimum atomic E-state index is 0.759. The number of hydrogen-bond donors (Lipinski definition) is 0. The van der Waals surface area contributed by atoms with Crippen molar-refractivity contribution < 1.29 is 0 Å². The Hall–Kier alpha value is -15.7. The van der Waals surface area contributed by atoms with E-state index in [0.717, 1.165) is 50.4 Å². The molecule has 9 aromatic heterocycles. The van der Waals surface area contributed by atoms with Gasteiger partial charge in [0, 0.05) is 99.5 Å². The summed E-state index contributed by atoms with van der Waals surface area (Å²) in [7, 11) is 0. The Morgan fingerprint density at radius 2 is 0.512 bits per heavy atom. The molecule has 0 amide bonds. The number of hydrogen-bond acceptors (Lipinski definition) is 13. The molecule has 0 aliphatic heterocycles. The number of benzene rings is 12. The normalized spacial score (nSPS) is 9.51. The Bertz CT molecular complexity index is 5580. The Morgan fingerprint density at radius 3 is 0.845 bits per heavy atom. The van der Waals surface area contributed by atoms with Crippen LogP contribution in [-0.4, -0.2) is 64.8 Å². The van der Waals surface area contributed by atoms with Gasteiger partial charge < -0.3 is 0 Å². The van der Waals surface area contributed by atoms with Gasteiger partial charge in [-0.05, 0) is 210 Å². The predicted molar refractivity (Wildman–Crippen MR) is 544 cm³/mol. The number of nitrogens with zero attached hydrogens (tertiary/aromatic N) is 13. The lowest BCUT2D eigenvalue weighted by molar-refractivity contribution is 0.974. The molecule has 0 radical (unpaired) electrons. The van der Waals surface area contributed by atoms with Gasteiger partial charge >= 0.3 is 0 Å². The van der Waals surface area contributed by atoms with Crippen LogP contribution in [0.3, 0.4) is 0 Å². The van der Waals surface area contributed by atoms with E-state index in [2.05, 4.69) is 335 Å². The van der Waals surface area contributed by atoms with Gasteiger partial charge in [-0.3, -0.25) is 29.9 Å². The SMILES string of the molecule is Cc1ccc2cccnc2c1.Cc1ccc2cccnc2c1.Cc1ccc2ncccc2c1.Cc1ccc2ncccc2c1.Cc1cccc2cccnc12.Cc1ccccc1.Cc1ccccc1.Cc1ccccc1.Cc1ccccc1.Cc1ccccc1.Cc1ccccc1.Cc1ccncn1.Cc1cncnc1.Cc1nccc2ccccc12.Cc1ncncn1. The summed E-state index contributed by atoms with van der Waals surface area (Å²) in [4.78, 5) is 51.7. The van der Waals surface area contributed by atoms with E-state index in [1.165, 1.54) is 124 Å². The highest BCUT2D eigenvalue weighted by molar-refractivity contribution is 5.85. The van der Waals surface area contributed by atoms with Crippen LogP contribution in [0, 0.1) is 104 Å². The van der Waals surface area contributed by atoms with Crippen molar-refractivity contribution in [1.82, 2.24) is 64.8 Å². The van der Waals surface area contributed by atoms with Crippen LogP contribution in [0.2, 0.25) is 0 Å². The van der Waals surface area contributed by atoms with Crippen molar-refractivity contribution in [2.24, 2.45) is 0 Å². The van der Waals surface area contributed by atoms with E-state index in [4.69, 9.17) is 0 Å². The smallest absolute Gasteiger partial charge is 0.128 e. The number of pyridine rings is 6. The first-order valence-corrected chi connectivity index (χ1v) is 42.7. The molecule has 12 aromatic carbocycles. The monoisotopic (exact) mass is 1690 g/mol. The summed E-state index contributed by atoms with van der Waals surface area (Å²) in [6.07, 6.45) is 22.2. The summed E-state index contributed by atoms with van der Waals surface area (Å²) in [5.74, 6) is 0.759. The first kappa shape index (κ1) is 100. The van der Waals surface area contributed by atoms with Gasteiger partial charge in [0.2, 0.25) is 0 Å². The molecule has 0 bridgehead atoms. The molecule has 0 saturated carbocycles. The maximum atomic E-state index is 4.28. The van der Waals surface area contributed by atoms with Crippen molar-refractivity contribution in [1.29, 1.82) is 0 Å². The summed E-state index contributed by atoms with van der Waals surface area (Å²) in [6.45, 7) is 30.7. The number of fused-ring (bicyclic) bond motifs is 6. The van der Waals surface area contributed by atoms with Crippen LogP contribution in [0.5, 0.6) is 0 Å². The summed E-state index contributed by atoms with van der Waals surface area (Å²) >= 11 is 0. The fraction of sp³-hybridized carbons (Fsp3) is 0.129. The van der Waals surface area contributed by atoms with Crippen molar-refractivity contribution in [3.05, 3.63) is 535 Å². The second kappa shape index (κ2) is 60.0. The lowest BCUT2D eigenvalue weighted by Gasteiger charge is -1.97. The molecule has 21 aromatic rings. The number of para-hydroxylation sites is 1. The van der Waals surface area contributed by atoms with Gasteiger partial charge in [0.05, 0.1) is 27.6 Å². The highest BCUT2D eigenvalue weighted by Gasteiger charge is 1.98. The second-order valence-electron chi connectivity index (χ2n) is 29.9. The van der Waals surface area contributed by atoms with E-state index in [0.29, 0.717) is 0 Å². The first-order valence-electron chi connectivity index (χ1n) is 42.7. The molecule has 0 N–H and O–H groups in total. The molecule has 0 spiro atoms. The standard InChI is InChI=1S/6C10H9N.6C7H8.2C5H6N2.C4H5N3/c1-8-4-2-5-9-6-3-7-11-10(8)9;2*1-8-4-5-10-9(7-8)3-2-6-11-10;2*1-8-4-5-9-3-2-6-11-10(9)7-8;1-8-10-5-3-2-4-9(10)6-7-11-8;6*1-7-5-3-2-4-6-7;1-5-2-6-4-7-3-5;1-5-2-3-6-4-7-5;1-4-6-2-5-3-7-4/h6*2-7H,1H3;6*2-6H,1H3;2*2-4H,1H3;2-3H,1H3. The second-order valence-corrected chi connectivity index (χ2v) is 29.9. The number of aromatic nitrogens is 13. The predicted octanol–water partition coefficient (Wildman–Crippen LogP) is 29.0. The molecule has 648 valence electrons. The Balaban J connectivity index is 0.000000190. The quantitative estimate of drug-likeness (QED) is 0.141. The highest BCUT2D eigenvalue weighted by atomic mass is 15.0. The zero-order valence-electron chi connectivity index (χ0n) is 77.0. The third-order valence-electron chi connectivity index (χ3n) is 18.4. The molecule has 0 fully saturated rings. The lowest BCUT2D eigenvalue weighted by atomic mass is 10.1. The maximum Gasteiger partial charge on any atom is 0.128 e. The van der Waals surface area contributed by atoms with Crippen molar-refractivity contribution in [2.75, 3.05) is 0 Å². The Labute approximate surface area is 764 Å². The van der Waals surface area contributed by atoms with Crippen LogP contribution in [0.25, 0.3) is 65.3 Å². The molecule has 0 unspecified atom stereocenters. The maximum absolute atomic E-state index is 4.28. The Morgan fingerprint density at radius 1 is 0.171 bits per heavy atom. The molecule has 0 atom stereocenters. The zero-order chi connectivity index (χ0) is 92.1. The summed E-state index contributed by atoms with van der Waals surface area (Å²) in [5.41, 5.74) is 22.9. The molecule has 13 heteroatoms. The summed E-state index contributed by atoms with van der Waals surface area (Å²) in [6, 6.07) is 125. The van der Waals surface area contributed by atoms with Crippen LogP contribution in [0.15, 0.2) is 451 Å². The van der Waals surface area contributed by atoms with Crippen molar-refractivity contribution in [3.8, 4) is 0 Å². The van der Waals surface area contributed by atoms with Crippen molar-refractivity contribution in [3.63, 3.8) is 0 Å². The molecule has 21 rings (SSSR count). The molecule has 9 heterocycles. The van der Waals surface area contributed by atoms with Gasteiger partial charge in [-0.25, -0.2) is 34.9 Å². The first-order chi connectivity index (χ1) is 62.7. The molecule has 0 aliphatic carbocycles. The minimum Gasteiger partial charge on any atom is -0.261 e. The topological polar surface area (TPSA) is 168 Å². The molecular weight excluding hydrogens is 1580 g/mol. The molecular formula is C116H119N13. The molecule has 0 saturated heterocycles. The van der Waals surface area contributed by atoms with E-state index in [1.54, 1.807) is 18.6 Å². The Kier molecular flexibility index (Phi) is 46.6.